The molecule has 1 amide bonds. The van der Waals surface area contributed by atoms with Crippen molar-refractivity contribution in [2.45, 2.75) is 6.10 Å². The first-order valence-corrected chi connectivity index (χ1v) is 6.58. The lowest BCUT2D eigenvalue weighted by Crippen LogP contribution is -2.16. The van der Waals surface area contributed by atoms with Gasteiger partial charge in [0.15, 0.2) is 0 Å². The third kappa shape index (κ3) is 3.69. The summed E-state index contributed by atoms with van der Waals surface area (Å²) in [7, 11) is 0. The maximum Gasteiger partial charge on any atom is 0.250 e. The van der Waals surface area contributed by atoms with E-state index in [-0.39, 0.29) is 28.5 Å². The lowest BCUT2D eigenvalue weighted by molar-refractivity contribution is 0.1000. The van der Waals surface area contributed by atoms with Crippen molar-refractivity contribution in [3.63, 3.8) is 0 Å². The number of carbonyl (C=O) groups excluding carboxylic acids is 1. The number of aliphatic hydroxyl groups excluding tert-OH is 1. The molecule has 1 unspecified atom stereocenters. The summed E-state index contributed by atoms with van der Waals surface area (Å²) < 4.78 is 26.3. The molecule has 0 saturated heterocycles. The third-order valence-electron chi connectivity index (χ3n) is 2.91. The first-order chi connectivity index (χ1) is 10.4. The van der Waals surface area contributed by atoms with Gasteiger partial charge >= 0.3 is 0 Å². The predicted molar refractivity (Wildman–Crippen MR) is 77.6 cm³/mol. The highest BCUT2D eigenvalue weighted by Crippen LogP contribution is 2.22. The van der Waals surface area contributed by atoms with Crippen molar-refractivity contribution in [3.05, 3.63) is 58.2 Å². The van der Waals surface area contributed by atoms with Crippen LogP contribution >= 0.6 is 11.6 Å². The summed E-state index contributed by atoms with van der Waals surface area (Å²) >= 11 is 5.92. The fourth-order valence-corrected chi connectivity index (χ4v) is 2.01. The Bertz CT molecular complexity index is 712. The average molecular weight is 328 g/mol. The zero-order valence-corrected chi connectivity index (χ0v) is 11.9. The molecule has 0 radical (unpaired) electrons. The smallest absolute Gasteiger partial charge is 0.250 e. The predicted octanol–water partition coefficient (Wildman–Crippen LogP) is 2.26. The van der Waals surface area contributed by atoms with E-state index in [1.807, 2.05) is 0 Å². The van der Waals surface area contributed by atoms with Crippen LogP contribution < -0.4 is 11.1 Å². The maximum absolute atomic E-state index is 13.5. The average Bonchev–Trinajstić information content (AvgIpc) is 2.45. The number of primary amides is 1. The molecule has 0 aliphatic rings. The molecular formula is C14H12ClF2N3O2. The number of benzene rings is 1. The molecule has 0 bridgehead atoms. The van der Waals surface area contributed by atoms with Gasteiger partial charge in [0, 0.05) is 24.4 Å². The van der Waals surface area contributed by atoms with E-state index in [0.29, 0.717) is 6.07 Å². The zero-order valence-electron chi connectivity index (χ0n) is 11.2. The van der Waals surface area contributed by atoms with Crippen molar-refractivity contribution in [1.82, 2.24) is 4.98 Å². The number of anilines is 1. The van der Waals surface area contributed by atoms with E-state index in [2.05, 4.69) is 10.3 Å². The van der Waals surface area contributed by atoms with Crippen LogP contribution in [0.25, 0.3) is 0 Å². The first-order valence-electron chi connectivity index (χ1n) is 6.20. The van der Waals surface area contributed by atoms with Gasteiger partial charge in [-0.1, -0.05) is 17.7 Å². The second-order valence-electron chi connectivity index (χ2n) is 4.48. The van der Waals surface area contributed by atoms with Gasteiger partial charge in [0.05, 0.1) is 16.7 Å². The molecule has 1 aromatic heterocycles. The monoisotopic (exact) mass is 327 g/mol. The third-order valence-corrected chi connectivity index (χ3v) is 3.20. The summed E-state index contributed by atoms with van der Waals surface area (Å²) in [5.74, 6) is -2.05. The van der Waals surface area contributed by atoms with E-state index in [1.165, 1.54) is 12.3 Å². The molecule has 1 atom stereocenters. The summed E-state index contributed by atoms with van der Waals surface area (Å²) in [6, 6.07) is 4.21. The topological polar surface area (TPSA) is 88.2 Å². The molecule has 8 heteroatoms. The minimum absolute atomic E-state index is 0.0567. The van der Waals surface area contributed by atoms with Gasteiger partial charge in [-0.15, -0.1) is 0 Å². The fourth-order valence-electron chi connectivity index (χ4n) is 1.78. The summed E-state index contributed by atoms with van der Waals surface area (Å²) in [6.07, 6.45) is -0.00390. The minimum Gasteiger partial charge on any atom is -0.386 e. The molecule has 116 valence electrons. The van der Waals surface area contributed by atoms with Gasteiger partial charge in [0.2, 0.25) is 5.91 Å². The molecule has 2 rings (SSSR count). The van der Waals surface area contributed by atoms with Gasteiger partial charge in [-0.25, -0.2) is 13.8 Å². The quantitative estimate of drug-likeness (QED) is 0.786. The Morgan fingerprint density at radius 2 is 2.14 bits per heavy atom. The zero-order chi connectivity index (χ0) is 16.3. The lowest BCUT2D eigenvalue weighted by atomic mass is 10.1. The van der Waals surface area contributed by atoms with Gasteiger partial charge in [0.1, 0.15) is 17.5 Å². The van der Waals surface area contributed by atoms with Gasteiger partial charge in [-0.2, -0.15) is 0 Å². The van der Waals surface area contributed by atoms with E-state index in [9.17, 15) is 18.7 Å². The Kier molecular flexibility index (Phi) is 4.89. The van der Waals surface area contributed by atoms with Gasteiger partial charge in [0.25, 0.3) is 0 Å². The number of nitrogens with one attached hydrogen (secondary N) is 1. The number of aliphatic hydroxyl groups is 1. The number of amides is 1. The lowest BCUT2D eigenvalue weighted by Gasteiger charge is -2.14. The van der Waals surface area contributed by atoms with Crippen molar-refractivity contribution in [2.75, 3.05) is 11.9 Å². The Balaban J connectivity index is 2.08. The van der Waals surface area contributed by atoms with Gasteiger partial charge < -0.3 is 16.2 Å². The molecule has 5 nitrogen and oxygen atoms in total. The number of carbonyl (C=O) groups is 1. The number of pyridine rings is 1. The number of hydrogen-bond donors (Lipinski definition) is 3. The molecule has 0 aliphatic carbocycles. The van der Waals surface area contributed by atoms with Crippen molar-refractivity contribution >= 4 is 23.3 Å². The van der Waals surface area contributed by atoms with E-state index in [1.54, 1.807) is 0 Å². The van der Waals surface area contributed by atoms with Crippen LogP contribution in [0.15, 0.2) is 30.5 Å². The summed E-state index contributed by atoms with van der Waals surface area (Å²) in [5.41, 5.74) is 5.17. The molecule has 4 N–H and O–H groups in total. The normalized spacial score (nSPS) is 12.0. The molecule has 1 heterocycles. The van der Waals surface area contributed by atoms with Crippen molar-refractivity contribution in [3.8, 4) is 0 Å². The Labute approximate surface area is 129 Å². The highest BCUT2D eigenvalue weighted by Gasteiger charge is 2.15. The van der Waals surface area contributed by atoms with Crippen LogP contribution in [0.5, 0.6) is 0 Å². The number of hydrogen-bond acceptors (Lipinski definition) is 4. The molecule has 2 aromatic rings. The Morgan fingerprint density at radius 3 is 2.73 bits per heavy atom. The number of nitrogens with two attached hydrogens (primary N) is 1. The van der Waals surface area contributed by atoms with Crippen LogP contribution in [0.1, 0.15) is 22.0 Å². The van der Waals surface area contributed by atoms with Crippen molar-refractivity contribution < 1.29 is 18.7 Å². The van der Waals surface area contributed by atoms with Crippen LogP contribution in [0, 0.1) is 11.6 Å². The SMILES string of the molecule is NC(=O)c1cnc(NCC(O)c2ccc(F)cc2F)c(Cl)c1. The molecular weight excluding hydrogens is 316 g/mol. The Hall–Kier alpha value is -2.25. The fraction of sp³-hybridized carbons (Fsp3) is 0.143. The van der Waals surface area contributed by atoms with E-state index < -0.39 is 23.6 Å². The molecule has 22 heavy (non-hydrogen) atoms. The molecule has 0 saturated carbocycles. The van der Waals surface area contributed by atoms with E-state index in [0.717, 1.165) is 12.1 Å². The number of nitrogens with zero attached hydrogens (tertiary/aromatic N) is 1. The molecule has 0 spiro atoms. The van der Waals surface area contributed by atoms with E-state index in [4.69, 9.17) is 17.3 Å². The van der Waals surface area contributed by atoms with Gasteiger partial charge in [-0.05, 0) is 12.1 Å². The summed E-state index contributed by atoms with van der Waals surface area (Å²) in [5, 5.41) is 12.8. The van der Waals surface area contributed by atoms with Crippen LogP contribution in [-0.4, -0.2) is 22.5 Å². The second kappa shape index (κ2) is 6.67. The van der Waals surface area contributed by atoms with Crippen LogP contribution in [0.3, 0.4) is 0 Å². The number of aromatic nitrogens is 1. The van der Waals surface area contributed by atoms with E-state index >= 15 is 0 Å². The summed E-state index contributed by atoms with van der Waals surface area (Å²) in [4.78, 5) is 14.9. The van der Waals surface area contributed by atoms with Crippen LogP contribution in [-0.2, 0) is 0 Å². The van der Waals surface area contributed by atoms with Crippen LogP contribution in [0.4, 0.5) is 14.6 Å². The summed E-state index contributed by atoms with van der Waals surface area (Å²) in [6.45, 7) is -0.106. The van der Waals surface area contributed by atoms with Crippen LogP contribution in [0.2, 0.25) is 5.02 Å². The highest BCUT2D eigenvalue weighted by atomic mass is 35.5. The maximum atomic E-state index is 13.5. The number of rotatable bonds is 5. The van der Waals surface area contributed by atoms with Crippen molar-refractivity contribution in [1.29, 1.82) is 0 Å². The minimum atomic E-state index is -1.23. The molecule has 0 fully saturated rings. The van der Waals surface area contributed by atoms with Crippen molar-refractivity contribution in [2.24, 2.45) is 5.73 Å². The molecule has 0 aliphatic heterocycles. The first kappa shape index (κ1) is 16.1. The molecule has 1 aromatic carbocycles. The Morgan fingerprint density at radius 1 is 1.41 bits per heavy atom. The largest absolute Gasteiger partial charge is 0.386 e. The number of halogens is 3. The highest BCUT2D eigenvalue weighted by molar-refractivity contribution is 6.33. The standard InChI is InChI=1S/C14H12ClF2N3O2/c15-10-3-7(13(18)22)5-19-14(10)20-6-12(21)9-2-1-8(16)4-11(9)17/h1-5,12,21H,6H2,(H2,18,22)(H,19,20). The second-order valence-corrected chi connectivity index (χ2v) is 4.89. The van der Waals surface area contributed by atoms with Gasteiger partial charge in [-0.3, -0.25) is 4.79 Å².